The van der Waals surface area contributed by atoms with Crippen LogP contribution < -0.4 is 10.1 Å². The molecule has 0 amide bonds. The molecule has 3 nitrogen and oxygen atoms in total. The molecule has 0 spiro atoms. The third kappa shape index (κ3) is 2.76. The van der Waals surface area contributed by atoms with E-state index in [2.05, 4.69) is 29.6 Å². The van der Waals surface area contributed by atoms with Gasteiger partial charge in [-0.3, -0.25) is 0 Å². The molecule has 2 aliphatic heterocycles. The molecule has 0 saturated carbocycles. The number of fused-ring (bicyclic) bond motifs is 3. The Labute approximate surface area is 147 Å². The average Bonchev–Trinajstić information content (AvgIpc) is 2.62. The minimum absolute atomic E-state index is 0.0911. The van der Waals surface area contributed by atoms with Gasteiger partial charge in [-0.05, 0) is 44.0 Å². The van der Waals surface area contributed by atoms with Crippen LogP contribution in [0.2, 0.25) is 5.02 Å². The van der Waals surface area contributed by atoms with Crippen molar-refractivity contribution in [3.63, 3.8) is 0 Å². The van der Waals surface area contributed by atoms with Gasteiger partial charge in [-0.25, -0.2) is 0 Å². The van der Waals surface area contributed by atoms with Crippen LogP contribution in [0.3, 0.4) is 0 Å². The Morgan fingerprint density at radius 2 is 2.08 bits per heavy atom. The van der Waals surface area contributed by atoms with E-state index in [-0.39, 0.29) is 12.1 Å². The quantitative estimate of drug-likeness (QED) is 0.812. The van der Waals surface area contributed by atoms with Gasteiger partial charge in [0.05, 0.1) is 18.8 Å². The van der Waals surface area contributed by atoms with E-state index in [0.717, 1.165) is 35.9 Å². The Kier molecular flexibility index (Phi) is 4.38. The van der Waals surface area contributed by atoms with Gasteiger partial charge in [0, 0.05) is 34.4 Å². The van der Waals surface area contributed by atoms with Gasteiger partial charge in [-0.2, -0.15) is 0 Å². The Morgan fingerprint density at radius 3 is 2.96 bits per heavy atom. The SMILES string of the molecule is CCOc1ccccc1[C@@H]1Nc2ccc(Cl)cc2[C@H]2OCCC[C@H]21. The summed E-state index contributed by atoms with van der Waals surface area (Å²) in [6, 6.07) is 14.5. The molecule has 1 N–H and O–H groups in total. The summed E-state index contributed by atoms with van der Waals surface area (Å²) in [7, 11) is 0. The Morgan fingerprint density at radius 1 is 1.21 bits per heavy atom. The summed E-state index contributed by atoms with van der Waals surface area (Å²) in [6.07, 6.45) is 2.31. The first-order chi connectivity index (χ1) is 11.8. The average molecular weight is 344 g/mol. The Bertz CT molecular complexity index is 733. The predicted octanol–water partition coefficient (Wildman–Crippen LogP) is 5.37. The molecular formula is C20H22ClNO2. The first kappa shape index (κ1) is 15.8. The van der Waals surface area contributed by atoms with E-state index < -0.39 is 0 Å². The monoisotopic (exact) mass is 343 g/mol. The summed E-state index contributed by atoms with van der Waals surface area (Å²) in [5.41, 5.74) is 3.50. The van der Waals surface area contributed by atoms with E-state index in [1.165, 1.54) is 11.1 Å². The van der Waals surface area contributed by atoms with Crippen LogP contribution in [-0.4, -0.2) is 13.2 Å². The summed E-state index contributed by atoms with van der Waals surface area (Å²) in [6.45, 7) is 3.50. The normalized spacial score (nSPS) is 25.3. The number of para-hydroxylation sites is 1. The maximum atomic E-state index is 6.22. The van der Waals surface area contributed by atoms with Crippen LogP contribution in [0, 0.1) is 5.92 Å². The van der Waals surface area contributed by atoms with Gasteiger partial charge in [0.2, 0.25) is 0 Å². The van der Waals surface area contributed by atoms with Crippen molar-refractivity contribution in [2.24, 2.45) is 5.92 Å². The Hall–Kier alpha value is -1.71. The molecule has 4 heteroatoms. The van der Waals surface area contributed by atoms with Crippen LogP contribution in [0.15, 0.2) is 42.5 Å². The van der Waals surface area contributed by atoms with Crippen molar-refractivity contribution in [3.8, 4) is 5.75 Å². The lowest BCUT2D eigenvalue weighted by Gasteiger charge is -2.43. The van der Waals surface area contributed by atoms with Crippen LogP contribution >= 0.6 is 11.6 Å². The predicted molar refractivity (Wildman–Crippen MR) is 96.8 cm³/mol. The van der Waals surface area contributed by atoms with Crippen molar-refractivity contribution in [2.75, 3.05) is 18.5 Å². The summed E-state index contributed by atoms with van der Waals surface area (Å²) in [5, 5.41) is 4.48. The number of nitrogens with one attached hydrogen (secondary N) is 1. The molecule has 1 fully saturated rings. The van der Waals surface area contributed by atoms with Gasteiger partial charge in [-0.15, -0.1) is 0 Å². The minimum atomic E-state index is 0.0911. The molecule has 0 aliphatic carbocycles. The number of ether oxygens (including phenoxy) is 2. The van der Waals surface area contributed by atoms with Crippen LogP contribution in [0.1, 0.15) is 43.0 Å². The highest BCUT2D eigenvalue weighted by Gasteiger charge is 2.40. The summed E-state index contributed by atoms with van der Waals surface area (Å²) >= 11 is 6.22. The van der Waals surface area contributed by atoms with Gasteiger partial charge >= 0.3 is 0 Å². The van der Waals surface area contributed by atoms with Crippen LogP contribution in [0.4, 0.5) is 5.69 Å². The van der Waals surface area contributed by atoms with Crippen molar-refractivity contribution in [3.05, 3.63) is 58.6 Å². The number of anilines is 1. The molecule has 126 valence electrons. The maximum Gasteiger partial charge on any atom is 0.124 e. The molecule has 2 aromatic rings. The summed E-state index contributed by atoms with van der Waals surface area (Å²) in [5.74, 6) is 1.34. The lowest BCUT2D eigenvalue weighted by molar-refractivity contribution is -0.0383. The second kappa shape index (κ2) is 6.66. The van der Waals surface area contributed by atoms with Crippen molar-refractivity contribution >= 4 is 17.3 Å². The van der Waals surface area contributed by atoms with Crippen molar-refractivity contribution in [1.29, 1.82) is 0 Å². The lowest BCUT2D eigenvalue weighted by atomic mass is 9.77. The van der Waals surface area contributed by atoms with E-state index >= 15 is 0 Å². The minimum Gasteiger partial charge on any atom is -0.494 e. The lowest BCUT2D eigenvalue weighted by Crippen LogP contribution is -2.36. The second-order valence-electron chi connectivity index (χ2n) is 6.42. The molecule has 0 bridgehead atoms. The molecule has 0 radical (unpaired) electrons. The van der Waals surface area contributed by atoms with Crippen LogP contribution in [0.25, 0.3) is 0 Å². The largest absolute Gasteiger partial charge is 0.494 e. The van der Waals surface area contributed by atoms with Gasteiger partial charge in [0.1, 0.15) is 5.75 Å². The number of hydrogen-bond donors (Lipinski definition) is 1. The van der Waals surface area contributed by atoms with E-state index in [9.17, 15) is 0 Å². The highest BCUT2D eigenvalue weighted by molar-refractivity contribution is 6.30. The third-order valence-corrected chi connectivity index (χ3v) is 5.22. The zero-order valence-corrected chi connectivity index (χ0v) is 14.6. The fraction of sp³-hybridized carbons (Fsp3) is 0.400. The van der Waals surface area contributed by atoms with E-state index in [1.54, 1.807) is 0 Å². The van der Waals surface area contributed by atoms with Crippen molar-refractivity contribution in [1.82, 2.24) is 0 Å². The molecule has 24 heavy (non-hydrogen) atoms. The third-order valence-electron chi connectivity index (χ3n) is 4.98. The molecule has 2 aliphatic rings. The van der Waals surface area contributed by atoms with Crippen LogP contribution in [0.5, 0.6) is 5.75 Å². The number of hydrogen-bond acceptors (Lipinski definition) is 3. The molecule has 2 heterocycles. The van der Waals surface area contributed by atoms with Gasteiger partial charge in [-0.1, -0.05) is 29.8 Å². The maximum absolute atomic E-state index is 6.22. The molecule has 2 aromatic carbocycles. The van der Waals surface area contributed by atoms with Crippen molar-refractivity contribution in [2.45, 2.75) is 31.9 Å². The molecule has 1 saturated heterocycles. The summed E-state index contributed by atoms with van der Waals surface area (Å²) < 4.78 is 12.1. The topological polar surface area (TPSA) is 30.5 Å². The molecule has 3 atom stereocenters. The Balaban J connectivity index is 1.78. The fourth-order valence-corrected chi connectivity index (χ4v) is 4.15. The second-order valence-corrected chi connectivity index (χ2v) is 6.86. The van der Waals surface area contributed by atoms with Crippen molar-refractivity contribution < 1.29 is 9.47 Å². The first-order valence-electron chi connectivity index (χ1n) is 8.67. The highest BCUT2D eigenvalue weighted by atomic mass is 35.5. The highest BCUT2D eigenvalue weighted by Crippen LogP contribution is 2.50. The molecular weight excluding hydrogens is 322 g/mol. The molecule has 0 unspecified atom stereocenters. The number of benzene rings is 2. The van der Waals surface area contributed by atoms with E-state index in [0.29, 0.717) is 12.5 Å². The molecule has 0 aromatic heterocycles. The smallest absolute Gasteiger partial charge is 0.124 e. The number of halogens is 1. The zero-order valence-electron chi connectivity index (χ0n) is 13.8. The van der Waals surface area contributed by atoms with Gasteiger partial charge in [0.25, 0.3) is 0 Å². The molecule has 4 rings (SSSR count). The standard InChI is InChI=1S/C20H22ClNO2/c1-2-23-18-8-4-3-6-14(18)19-15-7-5-11-24-20(15)16-12-13(21)9-10-17(16)22-19/h3-4,6,8-10,12,15,19-20,22H,2,5,7,11H2,1H3/t15-,19-,20-/m0/s1. The first-order valence-corrected chi connectivity index (χ1v) is 9.05. The van der Waals surface area contributed by atoms with E-state index in [4.69, 9.17) is 21.1 Å². The van der Waals surface area contributed by atoms with Gasteiger partial charge in [0.15, 0.2) is 0 Å². The van der Waals surface area contributed by atoms with Gasteiger partial charge < -0.3 is 14.8 Å². The number of rotatable bonds is 3. The zero-order chi connectivity index (χ0) is 16.5. The summed E-state index contributed by atoms with van der Waals surface area (Å²) in [4.78, 5) is 0. The fourth-order valence-electron chi connectivity index (χ4n) is 3.97. The van der Waals surface area contributed by atoms with E-state index in [1.807, 2.05) is 25.1 Å². The van der Waals surface area contributed by atoms with Crippen LogP contribution in [-0.2, 0) is 4.74 Å².